The van der Waals surface area contributed by atoms with Gasteiger partial charge in [-0.05, 0) is 135 Å². The first-order chi connectivity index (χ1) is 60.5. The Balaban J connectivity index is 0.000000131. The van der Waals surface area contributed by atoms with Gasteiger partial charge in [0.15, 0.2) is 65.2 Å². The predicted molar refractivity (Wildman–Crippen MR) is 468 cm³/mol. The number of ether oxygens (including phenoxy) is 5. The topological polar surface area (TPSA) is 549 Å². The highest BCUT2D eigenvalue weighted by atomic mass is 35.5. The van der Waals surface area contributed by atoms with E-state index in [1.54, 1.807) is 74.2 Å². The molecule has 0 bridgehead atoms. The molecule has 0 aliphatic carbocycles. The molecule has 45 nitrogen and oxygen atoms in total. The number of imidazole rings is 3. The van der Waals surface area contributed by atoms with Gasteiger partial charge >= 0.3 is 45.0 Å². The molecule has 0 amide bonds. The molecule has 10 aliphatic rings. The zero-order valence-electron chi connectivity index (χ0n) is 68.8. The lowest BCUT2D eigenvalue weighted by Gasteiger charge is -2.35. The van der Waals surface area contributed by atoms with Gasteiger partial charge in [0.05, 0.1) is 88.7 Å². The van der Waals surface area contributed by atoms with Crippen LogP contribution < -0.4 is 51.0 Å². The third kappa shape index (κ3) is 20.5. The van der Waals surface area contributed by atoms with E-state index in [2.05, 4.69) is 49.8 Å². The maximum Gasteiger partial charge on any atom is 0.330 e. The van der Waals surface area contributed by atoms with Crippen molar-refractivity contribution in [2.75, 3.05) is 56.0 Å². The number of nitrogens with zero attached hydrogens (tertiary/aromatic N) is 13. The summed E-state index contributed by atoms with van der Waals surface area (Å²) in [6.07, 6.45) is -12.4. The molecule has 0 aromatic carbocycles. The van der Waals surface area contributed by atoms with Crippen LogP contribution in [0.5, 0.6) is 0 Å². The summed E-state index contributed by atoms with van der Waals surface area (Å²) in [5.41, 5.74) is 19.7. The minimum absolute atomic E-state index is 0.00725. The van der Waals surface area contributed by atoms with Gasteiger partial charge in [-0.1, -0.05) is 58.0 Å². The molecule has 0 radical (unpaired) electrons. The molecule has 8 aromatic heterocycles. The van der Waals surface area contributed by atoms with Crippen molar-refractivity contribution in [1.82, 2.24) is 77.7 Å². The number of anilines is 4. The average Bonchev–Trinajstić information content (AvgIpc) is 1.58. The van der Waals surface area contributed by atoms with Gasteiger partial charge in [0, 0.05) is 11.8 Å². The molecule has 18 rings (SSSR count). The highest BCUT2D eigenvalue weighted by Gasteiger charge is 2.68. The number of hydrogen-bond acceptors (Lipinski definition) is 42. The number of aryl methyl sites for hydroxylation is 1. The van der Waals surface area contributed by atoms with E-state index in [9.17, 15) is 28.4 Å². The molecule has 5 unspecified atom stereocenters. The number of nitrogens with one attached hydrogen (secondary N) is 3. The molecule has 718 valence electrons. The Kier molecular flexibility index (Phi) is 29.6. The number of halogens is 11. The molecule has 10 fully saturated rings. The summed E-state index contributed by atoms with van der Waals surface area (Å²) in [7, 11) is 0. The summed E-state index contributed by atoms with van der Waals surface area (Å²) in [6, 6.07) is 0. The van der Waals surface area contributed by atoms with Gasteiger partial charge in [-0.15, -0.1) is 0 Å². The molecule has 10 saturated heterocycles. The fraction of sp³-hybridized carbons (Fsp3) is 0.641. The fourth-order valence-electron chi connectivity index (χ4n) is 14.1. The maximum absolute atomic E-state index is 15.6. The third-order valence-electron chi connectivity index (χ3n) is 19.3. The van der Waals surface area contributed by atoms with Crippen LogP contribution in [0.25, 0.3) is 33.5 Å². The number of rotatable bonds is 15. The molecule has 18 heterocycles. The first kappa shape index (κ1) is 101. The number of aromatic amines is 3. The quantitative estimate of drug-likeness (QED) is 0.0286. The van der Waals surface area contributed by atoms with Crippen molar-refractivity contribution in [3.05, 3.63) is 101 Å². The molecule has 130 heavy (non-hydrogen) atoms. The van der Waals surface area contributed by atoms with Crippen molar-refractivity contribution in [3.63, 3.8) is 0 Å². The summed E-state index contributed by atoms with van der Waals surface area (Å²) in [6.45, 7) is 2.79. The minimum atomic E-state index is -3.26. The second-order valence-corrected chi connectivity index (χ2v) is 48.4. The molecule has 0 spiro atoms. The van der Waals surface area contributed by atoms with Gasteiger partial charge in [-0.3, -0.25) is 74.8 Å². The lowest BCUT2D eigenvalue weighted by atomic mass is 10.1. The van der Waals surface area contributed by atoms with Crippen molar-refractivity contribution < 1.29 is 118 Å². The molecular weight excluding hydrogens is 2060 g/mol. The van der Waals surface area contributed by atoms with Crippen LogP contribution in [-0.2, 0) is 151 Å². The number of fused-ring (bicyclic) bond motifs is 8. The van der Waals surface area contributed by atoms with Crippen LogP contribution in [0.2, 0.25) is 0 Å². The van der Waals surface area contributed by atoms with Crippen molar-refractivity contribution in [2.45, 2.75) is 224 Å². The number of nitrogen functional groups attached to an aromatic ring is 4. The van der Waals surface area contributed by atoms with E-state index < -0.39 is 185 Å². The maximum atomic E-state index is 15.6. The van der Waals surface area contributed by atoms with E-state index in [-0.39, 0.29) is 115 Å². The van der Waals surface area contributed by atoms with Gasteiger partial charge in [-0.25, -0.2) is 56.5 Å². The third-order valence-corrected chi connectivity index (χ3v) is 33.6. The van der Waals surface area contributed by atoms with Gasteiger partial charge in [0.25, 0.3) is 42.3 Å². The molecule has 8 aromatic rings. The summed E-state index contributed by atoms with van der Waals surface area (Å²) in [4.78, 5) is 96.6. The Morgan fingerprint density at radius 1 is 0.408 bits per heavy atom. The van der Waals surface area contributed by atoms with Crippen molar-refractivity contribution in [1.29, 1.82) is 0 Å². The number of aromatic nitrogens is 16. The minimum Gasteiger partial charge on any atom is -0.382 e. The highest BCUT2D eigenvalue weighted by Crippen LogP contribution is 2.67. The molecule has 25 atom stereocenters. The Labute approximate surface area is 779 Å². The van der Waals surface area contributed by atoms with Gasteiger partial charge in [0.2, 0.25) is 17.7 Å². The lowest BCUT2D eigenvalue weighted by Crippen LogP contribution is -2.45. The monoisotopic (exact) mass is 2130 g/mol. The first-order valence-corrected chi connectivity index (χ1v) is 53.1. The van der Waals surface area contributed by atoms with Crippen molar-refractivity contribution in [3.8, 4) is 0 Å². The van der Waals surface area contributed by atoms with E-state index in [0.717, 1.165) is 4.57 Å². The second kappa shape index (κ2) is 38.0. The van der Waals surface area contributed by atoms with E-state index in [1.165, 1.54) is 52.1 Å². The smallest absolute Gasteiger partial charge is 0.330 e. The standard InChI is InChI=1S/C13H17ClFN6O4PS.C13H16ClFN5O5PS.C13H16ClFN5O4PS.C13H17ClFN2O6PS.C12H14ClF2N2O6PS/c1-5(2)24-26(27)22-3-6-8(25-26)13(14,15)11(23-6)21-4-18-7-9(16)19-12(17)20-10(7)21;1-5(2)24-26(27)22-3-6-8(25-26)13(14,15)11(23-6)20-4-17-7-9(20)18-12(16)19-10(7)21;1-6(2)23-25(26)21-3-7-9(24-25)13(14,15)12(22-7)20-5-19-8-10(16)17-4-18-11(8)20;1-6(2)22-24(25)20-5-8-9(23-24)13(14,15)11(21-8)17-4-7(3)10(18)16-12(17)19;1-5(2)22-24(25)20-4-7-8(23-24)12(13,15)10(21-7)17-3-6(14)9(18)16-11(17)19/h4-6,8,11H,3H2,1-2H3,(H4,16,17,19,20);4-6,8,11H,3H2,1-2H3,(H3,16,18,19,21);4-7,9,12H,3H2,1-2H3,(H2,16,17,18);4,6,8-9,11H,5H2,1-3H3,(H,16,18,19);3,5,7-8,10H,4H2,1-2H3,(H,16,18,19)/t2*6-,8-,11-,13-,26?;7-,9-,12-,13-,25?;8-,9-,11-,13-,24?;7-,8-,10-,12-,24?/m11111/s1. The zero-order chi connectivity index (χ0) is 94.9. The van der Waals surface area contributed by atoms with Crippen LogP contribution in [0, 0.1) is 12.7 Å². The summed E-state index contributed by atoms with van der Waals surface area (Å²) < 4.78 is 207. The Hall–Kier alpha value is -4.51. The first-order valence-electron chi connectivity index (χ1n) is 38.5. The SMILES string of the molecule is CC(C)OP1(=S)OC[C@H]2O[C@@H](n3cc(F)c(=O)[nH]c3=O)[C@@](F)(Cl)[C@@H]2O1.CC(C)OP1(=S)OC[C@H]2O[C@@H](n3cnc4c(=O)[nH]c(N)nc43)[C@@](F)(Cl)[C@@H]2O1.CC(C)OP1(=S)OC[C@H]2O[C@@H](n3cnc4c(N)nc(N)nc43)[C@@](F)(Cl)[C@@H]2O1.CC(C)OP1(=S)OC[C@H]2O[C@@H](n3cnc4c(N)ncnc43)[C@@](F)(Cl)[C@@H]2O1.Cc1cn([C@@H]2O[C@@H]3COP(=S)(OC(C)C)O[C@H]3[C@]2(F)Cl)c(=O)[nH]c1=O. The summed E-state index contributed by atoms with van der Waals surface area (Å²) in [5, 5.41) is -12.8. The highest BCUT2D eigenvalue weighted by molar-refractivity contribution is 8.09. The Morgan fingerprint density at radius 2 is 0.708 bits per heavy atom. The Morgan fingerprint density at radius 3 is 1.05 bits per heavy atom. The summed E-state index contributed by atoms with van der Waals surface area (Å²) in [5.74, 6) is -1.30. The zero-order valence-corrected chi connectivity index (χ0v) is 81.1. The van der Waals surface area contributed by atoms with Crippen LogP contribution in [0.15, 0.2) is 61.7 Å². The number of alkyl halides is 10. The second-order valence-electron chi connectivity index (χ2n) is 30.9. The van der Waals surface area contributed by atoms with Crippen molar-refractivity contribution in [2.24, 2.45) is 0 Å². The predicted octanol–water partition coefficient (Wildman–Crippen LogP) is 8.96. The largest absolute Gasteiger partial charge is 0.382 e. The van der Waals surface area contributed by atoms with E-state index >= 15 is 22.0 Å². The number of hydrogen-bond donors (Lipinski definition) is 7. The fourth-order valence-corrected chi connectivity index (χ4v) is 28.9. The van der Waals surface area contributed by atoms with Gasteiger partial charge in [-0.2, -0.15) is 19.3 Å². The van der Waals surface area contributed by atoms with E-state index in [1.807, 2.05) is 0 Å². The summed E-state index contributed by atoms with van der Waals surface area (Å²) >= 11 is 56.9. The molecule has 10 aliphatic heterocycles. The van der Waals surface area contributed by atoms with Gasteiger partial charge in [0.1, 0.15) is 78.4 Å². The van der Waals surface area contributed by atoms with Crippen LogP contribution in [0.4, 0.5) is 49.9 Å². The number of nitrogens with two attached hydrogens (primary N) is 4. The van der Waals surface area contributed by atoms with E-state index in [4.69, 9.17) is 232 Å². The van der Waals surface area contributed by atoms with Gasteiger partial charge < -0.3 is 91.9 Å². The normalized spacial score (nSPS) is 37.2. The van der Waals surface area contributed by atoms with Crippen LogP contribution in [0.1, 0.15) is 106 Å². The van der Waals surface area contributed by atoms with Crippen LogP contribution >= 0.6 is 91.6 Å². The molecule has 0 saturated carbocycles. The van der Waals surface area contributed by atoms with E-state index in [0.29, 0.717) is 21.9 Å². The molecule has 66 heteroatoms. The molecular formula is C64H80Cl5F6N20O25P5S5. The van der Waals surface area contributed by atoms with Crippen LogP contribution in [0.3, 0.4) is 0 Å². The molecule has 11 N–H and O–H groups in total. The number of H-pyrrole nitrogens is 3. The van der Waals surface area contributed by atoms with Crippen molar-refractivity contribution >= 4 is 208 Å². The average molecular weight is 2140 g/mol. The Bertz CT molecular complexity index is 6080. The van der Waals surface area contributed by atoms with Crippen LogP contribution in [-0.4, -0.2) is 228 Å². The lowest BCUT2D eigenvalue weighted by molar-refractivity contribution is -0.0659.